The number of para-hydroxylation sites is 1. The molecule has 2 heterocycles. The van der Waals surface area contributed by atoms with Crippen molar-refractivity contribution in [2.24, 2.45) is 5.92 Å². The topological polar surface area (TPSA) is 49.9 Å². The van der Waals surface area contributed by atoms with Crippen LogP contribution in [0, 0.1) is 5.92 Å². The van der Waals surface area contributed by atoms with Crippen molar-refractivity contribution in [3.05, 3.63) is 95.0 Å². The smallest absolute Gasteiger partial charge is 0.266 e. The quantitative estimate of drug-likeness (QED) is 0.553. The van der Waals surface area contributed by atoms with E-state index in [2.05, 4.69) is 15.9 Å². The Hall–Kier alpha value is -2.96. The van der Waals surface area contributed by atoms with Gasteiger partial charge in [-0.1, -0.05) is 64.5 Å². The number of halogens is 1. The van der Waals surface area contributed by atoms with E-state index in [1.165, 1.54) is 4.90 Å². The summed E-state index contributed by atoms with van der Waals surface area (Å²) >= 11 is 3.39. The number of hydrogen-bond acceptors (Lipinski definition) is 4. The number of hydroxylamine groups is 1. The van der Waals surface area contributed by atoms with Gasteiger partial charge in [-0.05, 0) is 42.0 Å². The first-order valence-corrected chi connectivity index (χ1v) is 10.1. The molecule has 2 aliphatic heterocycles. The minimum Gasteiger partial charge on any atom is -0.273 e. The van der Waals surface area contributed by atoms with Crippen LogP contribution >= 0.6 is 15.9 Å². The molecule has 0 N–H and O–H groups in total. The third kappa shape index (κ3) is 2.96. The van der Waals surface area contributed by atoms with Crippen molar-refractivity contribution in [3.8, 4) is 0 Å². The summed E-state index contributed by atoms with van der Waals surface area (Å²) in [6, 6.07) is 26.0. The second kappa shape index (κ2) is 7.13. The van der Waals surface area contributed by atoms with Gasteiger partial charge in [0, 0.05) is 4.47 Å². The second-order valence-corrected chi connectivity index (χ2v) is 7.97. The van der Waals surface area contributed by atoms with E-state index in [0.29, 0.717) is 5.69 Å². The molecule has 6 heteroatoms. The number of amides is 2. The molecule has 0 spiro atoms. The van der Waals surface area contributed by atoms with Crippen LogP contribution in [0.5, 0.6) is 0 Å². The van der Waals surface area contributed by atoms with Crippen LogP contribution in [0.2, 0.25) is 0 Å². The molecule has 0 bridgehead atoms. The number of benzene rings is 3. The maximum Gasteiger partial charge on any atom is 0.266 e. The Balaban J connectivity index is 1.58. The third-order valence-electron chi connectivity index (χ3n) is 5.35. The molecule has 5 nitrogen and oxygen atoms in total. The minimum absolute atomic E-state index is 0.241. The van der Waals surface area contributed by atoms with Crippen LogP contribution in [-0.2, 0) is 14.4 Å². The Morgan fingerprint density at radius 2 is 1.34 bits per heavy atom. The summed E-state index contributed by atoms with van der Waals surface area (Å²) in [6.07, 6.45) is -0.850. The van der Waals surface area contributed by atoms with Gasteiger partial charge in [0.1, 0.15) is 5.92 Å². The lowest BCUT2D eigenvalue weighted by molar-refractivity contribution is -0.126. The maximum absolute atomic E-state index is 13.4. The van der Waals surface area contributed by atoms with Crippen LogP contribution < -0.4 is 9.96 Å². The van der Waals surface area contributed by atoms with E-state index in [0.717, 1.165) is 15.7 Å². The lowest BCUT2D eigenvalue weighted by atomic mass is 9.90. The van der Waals surface area contributed by atoms with Gasteiger partial charge in [-0.3, -0.25) is 14.4 Å². The van der Waals surface area contributed by atoms with E-state index < -0.39 is 12.0 Å². The molecule has 5 rings (SSSR count). The van der Waals surface area contributed by atoms with Crippen LogP contribution in [-0.4, -0.2) is 17.9 Å². The van der Waals surface area contributed by atoms with Gasteiger partial charge in [-0.2, -0.15) is 0 Å². The minimum atomic E-state index is -0.850. The zero-order chi connectivity index (χ0) is 20.0. The Bertz CT molecular complexity index is 1060. The lowest BCUT2D eigenvalue weighted by Crippen LogP contribution is -2.37. The summed E-state index contributed by atoms with van der Waals surface area (Å²) in [6.45, 7) is 0. The largest absolute Gasteiger partial charge is 0.273 e. The van der Waals surface area contributed by atoms with E-state index in [1.54, 1.807) is 17.2 Å². The third-order valence-corrected chi connectivity index (χ3v) is 5.88. The fraction of sp³-hybridized carbons (Fsp3) is 0.130. The van der Waals surface area contributed by atoms with Gasteiger partial charge >= 0.3 is 0 Å². The van der Waals surface area contributed by atoms with Crippen molar-refractivity contribution in [1.82, 2.24) is 0 Å². The molecule has 2 saturated heterocycles. The number of rotatable bonds is 3. The van der Waals surface area contributed by atoms with Crippen molar-refractivity contribution in [2.75, 3.05) is 9.96 Å². The molecule has 2 aliphatic rings. The standard InChI is InChI=1S/C23H17BrN2O3/c24-16-11-13-17(14-12-16)25-22(27)19-20(15-7-3-1-4-8-15)26(29-21(19)23(25)28)18-9-5-2-6-10-18/h1-14,19-21H/t19-,20-,21-/m1/s1. The molecule has 29 heavy (non-hydrogen) atoms. The molecule has 0 unspecified atom stereocenters. The molecular weight excluding hydrogens is 432 g/mol. The Morgan fingerprint density at radius 1 is 0.724 bits per heavy atom. The Morgan fingerprint density at radius 3 is 2.00 bits per heavy atom. The van der Waals surface area contributed by atoms with Gasteiger partial charge in [-0.25, -0.2) is 9.96 Å². The van der Waals surface area contributed by atoms with E-state index in [-0.39, 0.29) is 17.9 Å². The van der Waals surface area contributed by atoms with Gasteiger partial charge < -0.3 is 0 Å². The van der Waals surface area contributed by atoms with Crippen molar-refractivity contribution in [2.45, 2.75) is 12.1 Å². The average molecular weight is 449 g/mol. The van der Waals surface area contributed by atoms with Crippen LogP contribution in [0.3, 0.4) is 0 Å². The zero-order valence-corrected chi connectivity index (χ0v) is 16.9. The highest BCUT2D eigenvalue weighted by Crippen LogP contribution is 2.47. The second-order valence-electron chi connectivity index (χ2n) is 7.06. The van der Waals surface area contributed by atoms with Crippen LogP contribution in [0.1, 0.15) is 11.6 Å². The highest BCUT2D eigenvalue weighted by molar-refractivity contribution is 9.10. The maximum atomic E-state index is 13.4. The SMILES string of the molecule is O=C1[C@@H]2[C@@H](c3ccccc3)N(c3ccccc3)O[C@H]2C(=O)N1c1ccc(Br)cc1. The summed E-state index contributed by atoms with van der Waals surface area (Å²) in [7, 11) is 0. The molecule has 0 saturated carbocycles. The van der Waals surface area contributed by atoms with Gasteiger partial charge in [-0.15, -0.1) is 0 Å². The van der Waals surface area contributed by atoms with E-state index in [4.69, 9.17) is 4.84 Å². The predicted octanol–water partition coefficient (Wildman–Crippen LogP) is 4.50. The Labute approximate surface area is 176 Å². The molecule has 0 aromatic heterocycles. The van der Waals surface area contributed by atoms with Gasteiger partial charge in [0.2, 0.25) is 5.91 Å². The van der Waals surface area contributed by atoms with Gasteiger partial charge in [0.25, 0.3) is 5.91 Å². The number of carbonyl (C=O) groups excluding carboxylic acids is 2. The predicted molar refractivity (Wildman–Crippen MR) is 113 cm³/mol. The van der Waals surface area contributed by atoms with Crippen molar-refractivity contribution in [3.63, 3.8) is 0 Å². The highest BCUT2D eigenvalue weighted by atomic mass is 79.9. The highest BCUT2D eigenvalue weighted by Gasteiger charge is 2.60. The van der Waals surface area contributed by atoms with Gasteiger partial charge in [0.15, 0.2) is 6.10 Å². The zero-order valence-electron chi connectivity index (χ0n) is 15.3. The van der Waals surface area contributed by atoms with Crippen molar-refractivity contribution in [1.29, 1.82) is 0 Å². The first kappa shape index (κ1) is 18.1. The fourth-order valence-electron chi connectivity index (χ4n) is 4.05. The first-order valence-electron chi connectivity index (χ1n) is 9.34. The molecule has 2 fully saturated rings. The first-order chi connectivity index (χ1) is 14.1. The summed E-state index contributed by atoms with van der Waals surface area (Å²) in [4.78, 5) is 34.0. The van der Waals surface area contributed by atoms with Crippen molar-refractivity contribution < 1.29 is 14.4 Å². The van der Waals surface area contributed by atoms with Crippen molar-refractivity contribution >= 4 is 39.1 Å². The summed E-state index contributed by atoms with van der Waals surface area (Å²) in [5.41, 5.74) is 2.30. The Kier molecular flexibility index (Phi) is 4.45. The summed E-state index contributed by atoms with van der Waals surface area (Å²) in [5.74, 6) is -1.19. The number of nitrogens with zero attached hydrogens (tertiary/aromatic N) is 2. The number of anilines is 2. The molecule has 3 aromatic rings. The fourth-order valence-corrected chi connectivity index (χ4v) is 4.31. The monoisotopic (exact) mass is 448 g/mol. The van der Waals surface area contributed by atoms with Crippen LogP contribution in [0.4, 0.5) is 11.4 Å². The molecule has 0 aliphatic carbocycles. The molecule has 3 aromatic carbocycles. The number of fused-ring (bicyclic) bond motifs is 1. The average Bonchev–Trinajstić information content (AvgIpc) is 3.27. The molecule has 0 radical (unpaired) electrons. The summed E-state index contributed by atoms with van der Waals surface area (Å²) in [5, 5.41) is 1.71. The number of hydrogen-bond donors (Lipinski definition) is 0. The lowest BCUT2D eigenvalue weighted by Gasteiger charge is -2.28. The summed E-state index contributed by atoms with van der Waals surface area (Å²) < 4.78 is 0.884. The van der Waals surface area contributed by atoms with Crippen LogP contribution in [0.25, 0.3) is 0 Å². The van der Waals surface area contributed by atoms with Crippen LogP contribution in [0.15, 0.2) is 89.4 Å². The molecule has 2 amide bonds. The normalized spacial score (nSPS) is 23.6. The van der Waals surface area contributed by atoms with E-state index >= 15 is 0 Å². The molecule has 144 valence electrons. The number of imide groups is 1. The number of carbonyl (C=O) groups is 2. The van der Waals surface area contributed by atoms with E-state index in [1.807, 2.05) is 72.8 Å². The molecular formula is C23H17BrN2O3. The van der Waals surface area contributed by atoms with E-state index in [9.17, 15) is 9.59 Å². The molecule has 3 atom stereocenters. The van der Waals surface area contributed by atoms with Gasteiger partial charge in [0.05, 0.1) is 17.4 Å².